The molecule has 0 fully saturated rings. The molecule has 0 aliphatic heterocycles. The summed E-state index contributed by atoms with van der Waals surface area (Å²) >= 11 is 0. The molecule has 0 spiro atoms. The zero-order valence-electron chi connectivity index (χ0n) is 6.73. The minimum atomic E-state index is 0.111. The third-order valence-electron chi connectivity index (χ3n) is 0.962. The smallest absolute Gasteiger partial charge is 0.0885 e. The van der Waals surface area contributed by atoms with Crippen molar-refractivity contribution in [2.24, 2.45) is 5.41 Å². The minimum Gasteiger partial charge on any atom is -0.513 e. The monoisotopic (exact) mass is 128 g/mol. The van der Waals surface area contributed by atoms with Crippen LogP contribution in [0, 0.1) is 5.41 Å². The Morgan fingerprint density at radius 2 is 1.89 bits per heavy atom. The van der Waals surface area contributed by atoms with Crippen molar-refractivity contribution in [2.75, 3.05) is 0 Å². The van der Waals surface area contributed by atoms with Gasteiger partial charge in [0.15, 0.2) is 0 Å². The van der Waals surface area contributed by atoms with E-state index in [2.05, 4.69) is 20.8 Å². The predicted molar refractivity (Wildman–Crippen MR) is 40.5 cm³/mol. The molecule has 0 aliphatic carbocycles. The van der Waals surface area contributed by atoms with Crippen LogP contribution in [-0.4, -0.2) is 5.11 Å². The highest BCUT2D eigenvalue weighted by Gasteiger charge is 2.05. The van der Waals surface area contributed by atoms with Crippen molar-refractivity contribution in [1.29, 1.82) is 0 Å². The van der Waals surface area contributed by atoms with E-state index in [1.165, 1.54) is 0 Å². The molecule has 0 aromatic carbocycles. The highest BCUT2D eigenvalue weighted by atomic mass is 16.3. The molecule has 1 N–H and O–H groups in total. The topological polar surface area (TPSA) is 20.2 Å². The van der Waals surface area contributed by atoms with E-state index in [9.17, 15) is 0 Å². The average molecular weight is 128 g/mol. The molecule has 1 heteroatoms. The van der Waals surface area contributed by atoms with Gasteiger partial charge in [0.05, 0.1) is 5.76 Å². The Hall–Kier alpha value is -0.460. The van der Waals surface area contributed by atoms with Crippen molar-refractivity contribution < 1.29 is 5.11 Å². The zero-order valence-corrected chi connectivity index (χ0v) is 6.73. The van der Waals surface area contributed by atoms with Gasteiger partial charge in [-0.1, -0.05) is 27.7 Å². The quantitative estimate of drug-likeness (QED) is 0.538. The van der Waals surface area contributed by atoms with Gasteiger partial charge < -0.3 is 5.11 Å². The molecule has 0 rings (SSSR count). The fraction of sp³-hybridized carbons (Fsp3) is 0.750. The third kappa shape index (κ3) is 5.41. The van der Waals surface area contributed by atoms with E-state index in [0.29, 0.717) is 5.76 Å². The first-order chi connectivity index (χ1) is 3.95. The van der Waals surface area contributed by atoms with Crippen molar-refractivity contribution in [3.63, 3.8) is 0 Å². The Labute approximate surface area is 57.4 Å². The summed E-state index contributed by atoms with van der Waals surface area (Å²) in [4.78, 5) is 0. The molecule has 0 unspecified atom stereocenters. The number of hydrogen-bond donors (Lipinski definition) is 1. The highest BCUT2D eigenvalue weighted by molar-refractivity contribution is 4.97. The number of aliphatic hydroxyl groups is 1. The van der Waals surface area contributed by atoms with Crippen LogP contribution in [0.1, 0.15) is 34.1 Å². The molecular formula is C8H16O. The lowest BCUT2D eigenvalue weighted by molar-refractivity contribution is 0.375. The maximum Gasteiger partial charge on any atom is 0.0885 e. The minimum absolute atomic E-state index is 0.111. The van der Waals surface area contributed by atoms with Gasteiger partial charge in [0.2, 0.25) is 0 Å². The van der Waals surface area contributed by atoms with Crippen LogP contribution in [0.5, 0.6) is 0 Å². The summed E-state index contributed by atoms with van der Waals surface area (Å²) in [6.07, 6.45) is 2.62. The Morgan fingerprint density at radius 1 is 1.44 bits per heavy atom. The number of hydrogen-bond acceptors (Lipinski definition) is 1. The molecule has 0 bridgehead atoms. The fourth-order valence-corrected chi connectivity index (χ4v) is 0.602. The second kappa shape index (κ2) is 2.90. The van der Waals surface area contributed by atoms with E-state index in [1.807, 2.05) is 13.0 Å². The summed E-state index contributed by atoms with van der Waals surface area (Å²) in [5.74, 6) is 0.488. The van der Waals surface area contributed by atoms with E-state index in [4.69, 9.17) is 5.11 Å². The molecule has 0 saturated heterocycles. The SMILES string of the molecule is CC/C(O)=C\C(C)(C)C. The first-order valence-electron chi connectivity index (χ1n) is 3.36. The molecule has 0 amide bonds. The van der Waals surface area contributed by atoms with E-state index in [-0.39, 0.29) is 5.41 Å². The van der Waals surface area contributed by atoms with Crippen molar-refractivity contribution in [3.05, 3.63) is 11.8 Å². The van der Waals surface area contributed by atoms with Crippen LogP contribution in [0.2, 0.25) is 0 Å². The van der Waals surface area contributed by atoms with Crippen molar-refractivity contribution in [2.45, 2.75) is 34.1 Å². The van der Waals surface area contributed by atoms with Gasteiger partial charge in [-0.15, -0.1) is 0 Å². The van der Waals surface area contributed by atoms with Gasteiger partial charge in [0.1, 0.15) is 0 Å². The first kappa shape index (κ1) is 8.54. The molecule has 0 atom stereocenters. The molecule has 0 saturated carbocycles. The lowest BCUT2D eigenvalue weighted by Gasteiger charge is -2.11. The van der Waals surface area contributed by atoms with Crippen LogP contribution in [0.25, 0.3) is 0 Å². The maximum absolute atomic E-state index is 9.05. The summed E-state index contributed by atoms with van der Waals surface area (Å²) < 4.78 is 0. The molecule has 54 valence electrons. The van der Waals surface area contributed by atoms with Gasteiger partial charge in [-0.05, 0) is 11.5 Å². The van der Waals surface area contributed by atoms with E-state index >= 15 is 0 Å². The summed E-state index contributed by atoms with van der Waals surface area (Å²) in [5.41, 5.74) is 0.111. The van der Waals surface area contributed by atoms with Crippen molar-refractivity contribution in [3.8, 4) is 0 Å². The zero-order chi connectivity index (χ0) is 7.49. The van der Waals surface area contributed by atoms with E-state index in [0.717, 1.165) is 6.42 Å². The second-order valence-corrected chi connectivity index (χ2v) is 3.36. The summed E-state index contributed by atoms with van der Waals surface area (Å²) in [6, 6.07) is 0. The highest BCUT2D eigenvalue weighted by Crippen LogP contribution is 2.17. The number of rotatable bonds is 1. The third-order valence-corrected chi connectivity index (χ3v) is 0.962. The van der Waals surface area contributed by atoms with Gasteiger partial charge in [0.25, 0.3) is 0 Å². The van der Waals surface area contributed by atoms with Gasteiger partial charge in [-0.3, -0.25) is 0 Å². The van der Waals surface area contributed by atoms with Gasteiger partial charge in [0, 0.05) is 6.42 Å². The van der Waals surface area contributed by atoms with Crippen LogP contribution in [0.3, 0.4) is 0 Å². The maximum atomic E-state index is 9.05. The van der Waals surface area contributed by atoms with E-state index in [1.54, 1.807) is 0 Å². The molecule has 1 nitrogen and oxygen atoms in total. The Morgan fingerprint density at radius 3 is 2.00 bits per heavy atom. The normalized spacial score (nSPS) is 14.0. The molecule has 0 aromatic rings. The van der Waals surface area contributed by atoms with Crippen LogP contribution >= 0.6 is 0 Å². The predicted octanol–water partition coefficient (Wildman–Crippen LogP) is 2.88. The largest absolute Gasteiger partial charge is 0.513 e. The van der Waals surface area contributed by atoms with Crippen LogP contribution < -0.4 is 0 Å². The van der Waals surface area contributed by atoms with Crippen LogP contribution in [0.4, 0.5) is 0 Å². The molecule has 0 aromatic heterocycles. The van der Waals surface area contributed by atoms with Crippen molar-refractivity contribution >= 4 is 0 Å². The van der Waals surface area contributed by atoms with Gasteiger partial charge >= 0.3 is 0 Å². The van der Waals surface area contributed by atoms with E-state index < -0.39 is 0 Å². The Kier molecular flexibility index (Phi) is 2.75. The van der Waals surface area contributed by atoms with Gasteiger partial charge in [-0.2, -0.15) is 0 Å². The molecule has 0 aliphatic rings. The van der Waals surface area contributed by atoms with Crippen LogP contribution in [0.15, 0.2) is 11.8 Å². The number of allylic oxidation sites excluding steroid dienone is 2. The summed E-state index contributed by atoms with van der Waals surface area (Å²) in [5, 5.41) is 9.05. The second-order valence-electron chi connectivity index (χ2n) is 3.36. The standard InChI is InChI=1S/C8H16O/c1-5-7(9)6-8(2,3)4/h6,9H,5H2,1-4H3/b7-6+. The lowest BCUT2D eigenvalue weighted by Crippen LogP contribution is -2.00. The lowest BCUT2D eigenvalue weighted by atomic mass is 9.95. The molecule has 0 heterocycles. The summed E-state index contributed by atoms with van der Waals surface area (Å²) in [7, 11) is 0. The van der Waals surface area contributed by atoms with Gasteiger partial charge in [-0.25, -0.2) is 0 Å². The van der Waals surface area contributed by atoms with Crippen molar-refractivity contribution in [1.82, 2.24) is 0 Å². The molecular weight excluding hydrogens is 112 g/mol. The number of aliphatic hydroxyl groups excluding tert-OH is 1. The Balaban J connectivity index is 3.95. The Bertz CT molecular complexity index is 106. The van der Waals surface area contributed by atoms with Crippen LogP contribution in [-0.2, 0) is 0 Å². The summed E-state index contributed by atoms with van der Waals surface area (Å²) in [6.45, 7) is 8.15. The molecule has 9 heavy (non-hydrogen) atoms. The molecule has 0 radical (unpaired) electrons. The first-order valence-corrected chi connectivity index (χ1v) is 3.36. The fourth-order valence-electron chi connectivity index (χ4n) is 0.602. The average Bonchev–Trinajstić information content (AvgIpc) is 1.62.